The Bertz CT molecular complexity index is 331. The molecule has 4 N–H and O–H groups in total. The zero-order chi connectivity index (χ0) is 10.7. The molecule has 0 fully saturated rings. The highest BCUT2D eigenvalue weighted by molar-refractivity contribution is 9.11. The quantitative estimate of drug-likeness (QED) is 0.794. The highest BCUT2D eigenvalue weighted by atomic mass is 79.9. The van der Waals surface area contributed by atoms with Crippen LogP contribution in [-0.2, 0) is 6.42 Å². The number of aliphatic hydroxyl groups excluding tert-OH is 1. The molecule has 3 nitrogen and oxygen atoms in total. The molecule has 0 bridgehead atoms. The minimum absolute atomic E-state index is 0.0937. The largest absolute Gasteiger partial charge is 0.506 e. The Labute approximate surface area is 99.2 Å². The van der Waals surface area contributed by atoms with Crippen molar-refractivity contribution in [2.75, 3.05) is 6.61 Å². The van der Waals surface area contributed by atoms with E-state index in [1.54, 1.807) is 12.1 Å². The molecular weight excluding hydrogens is 314 g/mol. The summed E-state index contributed by atoms with van der Waals surface area (Å²) in [5.41, 5.74) is 6.30. The van der Waals surface area contributed by atoms with Crippen molar-refractivity contribution in [1.29, 1.82) is 0 Å². The van der Waals surface area contributed by atoms with Crippen molar-refractivity contribution in [1.82, 2.24) is 0 Å². The third kappa shape index (κ3) is 2.95. The van der Waals surface area contributed by atoms with Gasteiger partial charge in [-0.25, -0.2) is 0 Å². The Kier molecular flexibility index (Phi) is 4.37. The lowest BCUT2D eigenvalue weighted by Gasteiger charge is -2.11. The van der Waals surface area contributed by atoms with E-state index in [-0.39, 0.29) is 18.4 Å². The lowest BCUT2D eigenvalue weighted by Crippen LogP contribution is -2.26. The van der Waals surface area contributed by atoms with Crippen LogP contribution in [0.2, 0.25) is 0 Å². The van der Waals surface area contributed by atoms with E-state index in [0.717, 1.165) is 4.47 Å². The summed E-state index contributed by atoms with van der Waals surface area (Å²) >= 11 is 6.54. The molecule has 1 rings (SSSR count). The molecule has 0 amide bonds. The van der Waals surface area contributed by atoms with Crippen LogP contribution in [-0.4, -0.2) is 22.9 Å². The van der Waals surface area contributed by atoms with Gasteiger partial charge in [0.2, 0.25) is 0 Å². The Balaban J connectivity index is 2.96. The minimum Gasteiger partial charge on any atom is -0.506 e. The second-order valence-corrected chi connectivity index (χ2v) is 4.81. The number of phenolic OH excluding ortho intramolecular Hbond substituents is 1. The molecule has 14 heavy (non-hydrogen) atoms. The highest BCUT2D eigenvalue weighted by Gasteiger charge is 2.10. The summed E-state index contributed by atoms with van der Waals surface area (Å²) < 4.78 is 1.48. The molecule has 0 aliphatic heterocycles. The van der Waals surface area contributed by atoms with Crippen LogP contribution in [0.25, 0.3) is 0 Å². The molecule has 0 saturated carbocycles. The first kappa shape index (κ1) is 12.0. The van der Waals surface area contributed by atoms with Gasteiger partial charge in [-0.05, 0) is 40.0 Å². The van der Waals surface area contributed by atoms with E-state index < -0.39 is 0 Å². The molecule has 0 heterocycles. The molecule has 0 radical (unpaired) electrons. The molecule has 1 unspecified atom stereocenters. The van der Waals surface area contributed by atoms with Gasteiger partial charge < -0.3 is 15.9 Å². The van der Waals surface area contributed by atoms with E-state index in [1.165, 1.54) is 0 Å². The van der Waals surface area contributed by atoms with Crippen LogP contribution < -0.4 is 5.73 Å². The van der Waals surface area contributed by atoms with Crippen molar-refractivity contribution >= 4 is 31.9 Å². The van der Waals surface area contributed by atoms with E-state index in [1.807, 2.05) is 0 Å². The lowest BCUT2D eigenvalue weighted by atomic mass is 10.1. The number of phenols is 1. The van der Waals surface area contributed by atoms with E-state index in [0.29, 0.717) is 16.5 Å². The first-order valence-electron chi connectivity index (χ1n) is 4.08. The number of benzene rings is 1. The van der Waals surface area contributed by atoms with Crippen molar-refractivity contribution in [2.45, 2.75) is 12.5 Å². The second kappa shape index (κ2) is 5.11. The number of rotatable bonds is 3. The number of hydrogen-bond acceptors (Lipinski definition) is 3. The van der Waals surface area contributed by atoms with Crippen molar-refractivity contribution in [2.24, 2.45) is 5.73 Å². The van der Waals surface area contributed by atoms with E-state index in [2.05, 4.69) is 31.9 Å². The predicted octanol–water partition coefficient (Wildman–Crippen LogP) is 1.78. The van der Waals surface area contributed by atoms with Gasteiger partial charge in [0, 0.05) is 10.5 Å². The fraction of sp³-hybridized carbons (Fsp3) is 0.333. The van der Waals surface area contributed by atoms with Crippen LogP contribution in [0.5, 0.6) is 5.75 Å². The number of aromatic hydroxyl groups is 1. The molecule has 5 heteroatoms. The standard InChI is InChI=1S/C9H11Br2NO2/c10-6-1-5(2-7(12)4-13)9(14)8(11)3-6/h1,3,7,13-14H,2,4,12H2. The van der Waals surface area contributed by atoms with Crippen LogP contribution >= 0.6 is 31.9 Å². The summed E-state index contributed by atoms with van der Waals surface area (Å²) in [6, 6.07) is 3.20. The van der Waals surface area contributed by atoms with Crippen molar-refractivity contribution in [3.8, 4) is 5.75 Å². The maximum absolute atomic E-state index is 9.66. The van der Waals surface area contributed by atoms with Gasteiger partial charge >= 0.3 is 0 Å². The summed E-state index contributed by atoms with van der Waals surface area (Å²) in [7, 11) is 0. The van der Waals surface area contributed by atoms with Gasteiger partial charge in [-0.2, -0.15) is 0 Å². The summed E-state index contributed by atoms with van der Waals surface area (Å²) in [5.74, 6) is 0.178. The van der Waals surface area contributed by atoms with Gasteiger partial charge in [0.25, 0.3) is 0 Å². The third-order valence-corrected chi connectivity index (χ3v) is 2.89. The summed E-state index contributed by atoms with van der Waals surface area (Å²) in [5, 5.41) is 18.5. The fourth-order valence-electron chi connectivity index (χ4n) is 1.12. The molecule has 1 aromatic carbocycles. The molecule has 1 aromatic rings. The Morgan fingerprint density at radius 3 is 2.57 bits per heavy atom. The van der Waals surface area contributed by atoms with Crippen molar-refractivity contribution in [3.63, 3.8) is 0 Å². The maximum atomic E-state index is 9.66. The van der Waals surface area contributed by atoms with Gasteiger partial charge in [-0.15, -0.1) is 0 Å². The number of halogens is 2. The molecule has 0 aliphatic rings. The van der Waals surface area contributed by atoms with Crippen LogP contribution in [0, 0.1) is 0 Å². The SMILES string of the molecule is NC(CO)Cc1cc(Br)cc(Br)c1O. The second-order valence-electron chi connectivity index (χ2n) is 3.04. The summed E-state index contributed by atoms with van der Waals surface area (Å²) in [6.45, 7) is -0.0937. The highest BCUT2D eigenvalue weighted by Crippen LogP contribution is 2.32. The van der Waals surface area contributed by atoms with Crippen LogP contribution in [0.15, 0.2) is 21.1 Å². The first-order chi connectivity index (χ1) is 6.54. The number of nitrogens with two attached hydrogens (primary N) is 1. The van der Waals surface area contributed by atoms with Gasteiger partial charge in [0.05, 0.1) is 11.1 Å². The van der Waals surface area contributed by atoms with Gasteiger partial charge in [0.15, 0.2) is 0 Å². The number of aliphatic hydroxyl groups is 1. The monoisotopic (exact) mass is 323 g/mol. The van der Waals surface area contributed by atoms with E-state index in [4.69, 9.17) is 10.8 Å². The van der Waals surface area contributed by atoms with Gasteiger partial charge in [-0.1, -0.05) is 15.9 Å². The Morgan fingerprint density at radius 1 is 1.36 bits per heavy atom. The molecule has 0 saturated heterocycles. The number of hydrogen-bond donors (Lipinski definition) is 3. The predicted molar refractivity (Wildman–Crippen MR) is 62.3 cm³/mol. The third-order valence-electron chi connectivity index (χ3n) is 1.82. The van der Waals surface area contributed by atoms with Crippen LogP contribution in [0.1, 0.15) is 5.56 Å². The molecule has 0 aliphatic carbocycles. The van der Waals surface area contributed by atoms with Gasteiger partial charge in [0.1, 0.15) is 5.75 Å². The average molecular weight is 325 g/mol. The van der Waals surface area contributed by atoms with Crippen LogP contribution in [0.4, 0.5) is 0 Å². The molecule has 78 valence electrons. The molecule has 0 spiro atoms. The minimum atomic E-state index is -0.345. The zero-order valence-electron chi connectivity index (χ0n) is 7.37. The van der Waals surface area contributed by atoms with Gasteiger partial charge in [-0.3, -0.25) is 0 Å². The summed E-state index contributed by atoms with van der Waals surface area (Å²) in [4.78, 5) is 0. The van der Waals surface area contributed by atoms with Crippen molar-refractivity contribution < 1.29 is 10.2 Å². The molecular formula is C9H11Br2NO2. The summed E-state index contributed by atoms with van der Waals surface area (Å²) in [6.07, 6.45) is 0.445. The molecule has 1 atom stereocenters. The fourth-order valence-corrected chi connectivity index (χ4v) is 2.44. The van der Waals surface area contributed by atoms with Crippen LogP contribution in [0.3, 0.4) is 0 Å². The van der Waals surface area contributed by atoms with Crippen molar-refractivity contribution in [3.05, 3.63) is 26.6 Å². The zero-order valence-corrected chi connectivity index (χ0v) is 10.5. The topological polar surface area (TPSA) is 66.5 Å². The first-order valence-corrected chi connectivity index (χ1v) is 5.66. The van der Waals surface area contributed by atoms with E-state index >= 15 is 0 Å². The Hall–Kier alpha value is -0.100. The normalized spacial score (nSPS) is 12.9. The molecule has 0 aromatic heterocycles. The smallest absolute Gasteiger partial charge is 0.133 e. The average Bonchev–Trinajstić information content (AvgIpc) is 2.13. The Morgan fingerprint density at radius 2 is 2.00 bits per heavy atom. The lowest BCUT2D eigenvalue weighted by molar-refractivity contribution is 0.264. The maximum Gasteiger partial charge on any atom is 0.133 e. The van der Waals surface area contributed by atoms with E-state index in [9.17, 15) is 5.11 Å².